The molecule has 0 spiro atoms. The van der Waals surface area contributed by atoms with E-state index in [1.165, 1.54) is 0 Å². The highest BCUT2D eigenvalue weighted by atomic mass is 16.2. The van der Waals surface area contributed by atoms with Gasteiger partial charge < -0.3 is 9.88 Å². The number of H-pyrrole nitrogens is 1. The summed E-state index contributed by atoms with van der Waals surface area (Å²) in [5.41, 5.74) is 5.12. The van der Waals surface area contributed by atoms with Crippen LogP contribution in [0.3, 0.4) is 0 Å². The number of aromatic nitrogens is 3. The molecule has 0 bridgehead atoms. The van der Waals surface area contributed by atoms with Gasteiger partial charge in [-0.05, 0) is 46.1 Å². The fraction of sp³-hybridized carbons (Fsp3) is 0.526. The molecule has 25 heavy (non-hydrogen) atoms. The van der Waals surface area contributed by atoms with Crippen LogP contribution in [0.1, 0.15) is 68.8 Å². The molecule has 1 atom stereocenters. The molecule has 1 aliphatic carbocycles. The molecule has 2 aromatic rings. The Morgan fingerprint density at radius 2 is 2.08 bits per heavy atom. The van der Waals surface area contributed by atoms with Crippen LogP contribution in [-0.4, -0.2) is 44.4 Å². The zero-order valence-electron chi connectivity index (χ0n) is 15.1. The molecule has 6 nitrogen and oxygen atoms in total. The Morgan fingerprint density at radius 3 is 2.80 bits per heavy atom. The summed E-state index contributed by atoms with van der Waals surface area (Å²) in [7, 11) is 0. The largest absolute Gasteiger partial charge is 0.361 e. The number of hydrogen-bond acceptors (Lipinski definition) is 3. The van der Waals surface area contributed by atoms with E-state index in [9.17, 15) is 9.59 Å². The summed E-state index contributed by atoms with van der Waals surface area (Å²) in [5.74, 6) is 0.0810. The van der Waals surface area contributed by atoms with Crippen LogP contribution in [0.2, 0.25) is 0 Å². The van der Waals surface area contributed by atoms with Crippen molar-refractivity contribution in [1.82, 2.24) is 19.7 Å². The predicted octanol–water partition coefficient (Wildman–Crippen LogP) is 2.74. The number of nitrogens with one attached hydrogen (secondary N) is 1. The summed E-state index contributed by atoms with van der Waals surface area (Å²) in [6.07, 6.45) is 3.15. The number of ketones is 1. The second-order valence-corrected chi connectivity index (χ2v) is 7.32. The van der Waals surface area contributed by atoms with E-state index in [0.29, 0.717) is 30.6 Å². The fourth-order valence-corrected chi connectivity index (χ4v) is 4.30. The minimum Gasteiger partial charge on any atom is -0.361 e. The average Bonchev–Trinajstić information content (AvgIpc) is 3.24. The van der Waals surface area contributed by atoms with Crippen molar-refractivity contribution in [3.05, 3.63) is 40.0 Å². The number of likely N-dealkylation sites (tertiary alicyclic amines) is 1. The third kappa shape index (κ3) is 2.60. The molecule has 1 aliphatic heterocycles. The van der Waals surface area contributed by atoms with Crippen molar-refractivity contribution in [1.29, 1.82) is 0 Å². The number of nitrogens with zero attached hydrogens (tertiary/aromatic N) is 3. The van der Waals surface area contributed by atoms with Crippen LogP contribution in [0.4, 0.5) is 0 Å². The minimum absolute atomic E-state index is 0.0192. The van der Waals surface area contributed by atoms with Crippen molar-refractivity contribution >= 4 is 11.7 Å². The Hall–Kier alpha value is -2.37. The highest BCUT2D eigenvalue weighted by Crippen LogP contribution is 2.30. The van der Waals surface area contributed by atoms with Gasteiger partial charge in [0, 0.05) is 36.6 Å². The Kier molecular flexibility index (Phi) is 3.78. The Morgan fingerprint density at radius 1 is 1.28 bits per heavy atom. The van der Waals surface area contributed by atoms with Crippen molar-refractivity contribution in [3.8, 4) is 0 Å². The van der Waals surface area contributed by atoms with Crippen LogP contribution >= 0.6 is 0 Å². The highest BCUT2D eigenvalue weighted by Gasteiger charge is 2.34. The van der Waals surface area contributed by atoms with Crippen LogP contribution in [0, 0.1) is 20.8 Å². The highest BCUT2D eigenvalue weighted by molar-refractivity contribution is 6.10. The lowest BCUT2D eigenvalue weighted by Gasteiger charge is -2.19. The fourth-order valence-electron chi connectivity index (χ4n) is 4.30. The molecule has 132 valence electrons. The van der Waals surface area contributed by atoms with E-state index in [-0.39, 0.29) is 17.7 Å². The summed E-state index contributed by atoms with van der Waals surface area (Å²) in [6, 6.07) is 2.28. The van der Waals surface area contributed by atoms with Gasteiger partial charge in [0.05, 0.1) is 22.9 Å². The van der Waals surface area contributed by atoms with Gasteiger partial charge >= 0.3 is 0 Å². The summed E-state index contributed by atoms with van der Waals surface area (Å²) >= 11 is 0. The topological polar surface area (TPSA) is 71.0 Å². The smallest absolute Gasteiger partial charge is 0.256 e. The lowest BCUT2D eigenvalue weighted by atomic mass is 9.93. The lowest BCUT2D eigenvalue weighted by Crippen LogP contribution is -2.31. The monoisotopic (exact) mass is 340 g/mol. The SMILES string of the molecule is Cc1cc(C)n([C@@H]2CCN(C(=O)c3c(C)[nH]c4c3C(=O)CCC4)C2)n1. The second-order valence-electron chi connectivity index (χ2n) is 7.32. The maximum atomic E-state index is 13.1. The summed E-state index contributed by atoms with van der Waals surface area (Å²) < 4.78 is 2.03. The molecule has 1 saturated heterocycles. The van der Waals surface area contributed by atoms with Gasteiger partial charge in [0.1, 0.15) is 0 Å². The third-order valence-corrected chi connectivity index (χ3v) is 5.43. The number of carbonyl (C=O) groups is 2. The van der Waals surface area contributed by atoms with Crippen molar-refractivity contribution in [2.45, 2.75) is 52.5 Å². The van der Waals surface area contributed by atoms with Crippen molar-refractivity contribution in [2.75, 3.05) is 13.1 Å². The van der Waals surface area contributed by atoms with Gasteiger partial charge in [-0.3, -0.25) is 14.3 Å². The van der Waals surface area contributed by atoms with Crippen molar-refractivity contribution < 1.29 is 9.59 Å². The first-order valence-corrected chi connectivity index (χ1v) is 9.02. The lowest BCUT2D eigenvalue weighted by molar-refractivity contribution is 0.0779. The zero-order valence-corrected chi connectivity index (χ0v) is 15.1. The quantitative estimate of drug-likeness (QED) is 0.914. The predicted molar refractivity (Wildman–Crippen MR) is 94.1 cm³/mol. The van der Waals surface area contributed by atoms with Crippen LogP contribution in [0.5, 0.6) is 0 Å². The van der Waals surface area contributed by atoms with Crippen LogP contribution < -0.4 is 0 Å². The van der Waals surface area contributed by atoms with Crippen molar-refractivity contribution in [3.63, 3.8) is 0 Å². The third-order valence-electron chi connectivity index (χ3n) is 5.43. The van der Waals surface area contributed by atoms with Gasteiger partial charge in [-0.15, -0.1) is 0 Å². The van der Waals surface area contributed by atoms with E-state index in [0.717, 1.165) is 42.0 Å². The number of Topliss-reactive ketones (excluding diaryl/α,β-unsaturated/α-hetero) is 1. The number of amides is 1. The molecule has 0 saturated carbocycles. The van der Waals surface area contributed by atoms with E-state index in [2.05, 4.69) is 23.1 Å². The van der Waals surface area contributed by atoms with Crippen LogP contribution in [-0.2, 0) is 6.42 Å². The van der Waals surface area contributed by atoms with Gasteiger partial charge in [-0.25, -0.2) is 0 Å². The van der Waals surface area contributed by atoms with Gasteiger partial charge in [0.25, 0.3) is 5.91 Å². The average molecular weight is 340 g/mol. The van der Waals surface area contributed by atoms with E-state index in [1.807, 2.05) is 23.4 Å². The molecular formula is C19H24N4O2. The van der Waals surface area contributed by atoms with E-state index < -0.39 is 0 Å². The van der Waals surface area contributed by atoms with Gasteiger partial charge in [-0.2, -0.15) is 5.10 Å². The molecule has 2 aromatic heterocycles. The van der Waals surface area contributed by atoms with E-state index in [1.54, 1.807) is 0 Å². The molecule has 1 amide bonds. The number of aromatic amines is 1. The first kappa shape index (κ1) is 16.1. The Bertz CT molecular complexity index is 861. The maximum Gasteiger partial charge on any atom is 0.256 e. The Labute approximate surface area is 147 Å². The second kappa shape index (κ2) is 5.86. The minimum atomic E-state index is -0.0192. The van der Waals surface area contributed by atoms with Gasteiger partial charge in [0.2, 0.25) is 0 Å². The summed E-state index contributed by atoms with van der Waals surface area (Å²) in [5, 5.41) is 4.57. The maximum absolute atomic E-state index is 13.1. The molecule has 4 rings (SSSR count). The van der Waals surface area contributed by atoms with E-state index in [4.69, 9.17) is 0 Å². The molecule has 2 aliphatic rings. The molecule has 0 radical (unpaired) electrons. The Balaban J connectivity index is 1.60. The molecule has 0 aromatic carbocycles. The number of aryl methyl sites for hydroxylation is 4. The van der Waals surface area contributed by atoms with E-state index >= 15 is 0 Å². The van der Waals surface area contributed by atoms with Crippen LogP contribution in [0.25, 0.3) is 0 Å². The normalized spacial score (nSPS) is 20.2. The van der Waals surface area contributed by atoms with Gasteiger partial charge in [0.15, 0.2) is 5.78 Å². The van der Waals surface area contributed by atoms with Crippen LogP contribution in [0.15, 0.2) is 6.07 Å². The molecule has 6 heteroatoms. The summed E-state index contributed by atoms with van der Waals surface area (Å²) in [4.78, 5) is 30.6. The number of hydrogen-bond donors (Lipinski definition) is 1. The first-order valence-electron chi connectivity index (χ1n) is 9.02. The number of rotatable bonds is 2. The molecule has 1 fully saturated rings. The zero-order chi connectivity index (χ0) is 17.7. The van der Waals surface area contributed by atoms with Gasteiger partial charge in [-0.1, -0.05) is 0 Å². The molecule has 1 N–H and O–H groups in total. The standard InChI is InChI=1S/C19H24N4O2/c1-11-9-12(2)23(21-11)14-7-8-22(10-14)19(25)17-13(3)20-15-5-4-6-16(24)18(15)17/h9,14,20H,4-8,10H2,1-3H3/t14-/m1/s1. The first-order chi connectivity index (χ1) is 12.0. The molecular weight excluding hydrogens is 316 g/mol. The van der Waals surface area contributed by atoms with Crippen molar-refractivity contribution in [2.24, 2.45) is 0 Å². The molecule has 3 heterocycles. The number of fused-ring (bicyclic) bond motifs is 1. The number of carbonyl (C=O) groups excluding carboxylic acids is 2. The molecule has 0 unspecified atom stereocenters. The summed E-state index contributed by atoms with van der Waals surface area (Å²) in [6.45, 7) is 7.29.